The van der Waals surface area contributed by atoms with Gasteiger partial charge in [0.15, 0.2) is 0 Å². The summed E-state index contributed by atoms with van der Waals surface area (Å²) in [6.07, 6.45) is -0.605. The molecule has 0 saturated carbocycles. The van der Waals surface area contributed by atoms with Crippen molar-refractivity contribution in [1.82, 2.24) is 5.32 Å². The molecule has 1 heterocycles. The molecule has 4 heteroatoms. The predicted octanol–water partition coefficient (Wildman–Crippen LogP) is 1.55. The van der Waals surface area contributed by atoms with E-state index in [0.29, 0.717) is 16.2 Å². The van der Waals surface area contributed by atoms with E-state index in [1.165, 1.54) is 17.8 Å². The molecule has 1 aliphatic rings. The Bertz CT molecular complexity index is 345. The van der Waals surface area contributed by atoms with Crippen molar-refractivity contribution in [3.63, 3.8) is 0 Å². The number of fused-ring (bicyclic) bond motifs is 1. The van der Waals surface area contributed by atoms with Gasteiger partial charge in [0.1, 0.15) is 5.82 Å². The normalized spacial score (nSPS) is 25.9. The van der Waals surface area contributed by atoms with Gasteiger partial charge >= 0.3 is 0 Å². The van der Waals surface area contributed by atoms with Crippen molar-refractivity contribution in [2.75, 3.05) is 12.8 Å². The SMILES string of the molecule is CNC1CSc2c(F)cccc2C1O. The fourth-order valence-corrected chi connectivity index (χ4v) is 2.89. The highest BCUT2D eigenvalue weighted by atomic mass is 32.2. The lowest BCUT2D eigenvalue weighted by atomic mass is 10.0. The van der Waals surface area contributed by atoms with Crippen molar-refractivity contribution < 1.29 is 9.50 Å². The maximum Gasteiger partial charge on any atom is 0.137 e. The van der Waals surface area contributed by atoms with Gasteiger partial charge in [-0.3, -0.25) is 0 Å². The monoisotopic (exact) mass is 213 g/mol. The van der Waals surface area contributed by atoms with Gasteiger partial charge in [0.05, 0.1) is 6.10 Å². The number of aliphatic hydroxyl groups is 1. The number of halogens is 1. The van der Waals surface area contributed by atoms with Crippen LogP contribution < -0.4 is 5.32 Å². The summed E-state index contributed by atoms with van der Waals surface area (Å²) in [5.74, 6) is 0.465. The summed E-state index contributed by atoms with van der Waals surface area (Å²) in [6, 6.07) is 4.85. The highest BCUT2D eigenvalue weighted by Crippen LogP contribution is 2.37. The van der Waals surface area contributed by atoms with Gasteiger partial charge in [-0.15, -0.1) is 11.8 Å². The van der Waals surface area contributed by atoms with Crippen molar-refractivity contribution in [3.05, 3.63) is 29.6 Å². The zero-order valence-corrected chi connectivity index (χ0v) is 8.64. The van der Waals surface area contributed by atoms with Gasteiger partial charge in [-0.1, -0.05) is 12.1 Å². The van der Waals surface area contributed by atoms with Crippen LogP contribution in [0.2, 0.25) is 0 Å². The number of nitrogens with one attached hydrogen (secondary N) is 1. The zero-order valence-electron chi connectivity index (χ0n) is 7.83. The van der Waals surface area contributed by atoms with E-state index in [0.717, 1.165) is 0 Å². The number of benzene rings is 1. The second kappa shape index (κ2) is 3.88. The second-order valence-electron chi connectivity index (χ2n) is 3.31. The van der Waals surface area contributed by atoms with Crippen LogP contribution in [0, 0.1) is 5.82 Å². The van der Waals surface area contributed by atoms with Crippen molar-refractivity contribution in [3.8, 4) is 0 Å². The lowest BCUT2D eigenvalue weighted by molar-refractivity contribution is 0.136. The maximum absolute atomic E-state index is 13.3. The Morgan fingerprint density at radius 3 is 3.07 bits per heavy atom. The molecule has 0 radical (unpaired) electrons. The average molecular weight is 213 g/mol. The Morgan fingerprint density at radius 1 is 1.57 bits per heavy atom. The molecule has 2 unspecified atom stereocenters. The first-order chi connectivity index (χ1) is 6.74. The van der Waals surface area contributed by atoms with Crippen LogP contribution in [0.25, 0.3) is 0 Å². The molecule has 1 aliphatic heterocycles. The average Bonchev–Trinajstić information content (AvgIpc) is 2.20. The number of rotatable bonds is 1. The first-order valence-corrected chi connectivity index (χ1v) is 5.49. The lowest BCUT2D eigenvalue weighted by Gasteiger charge is -2.29. The first-order valence-electron chi connectivity index (χ1n) is 4.50. The van der Waals surface area contributed by atoms with Crippen LogP contribution in [0.1, 0.15) is 11.7 Å². The molecule has 0 amide bonds. The molecule has 2 N–H and O–H groups in total. The van der Waals surface area contributed by atoms with Crippen LogP contribution in [0.4, 0.5) is 4.39 Å². The van der Waals surface area contributed by atoms with Crippen molar-refractivity contribution in [2.45, 2.75) is 17.0 Å². The molecule has 2 nitrogen and oxygen atoms in total. The van der Waals surface area contributed by atoms with Crippen LogP contribution in [-0.2, 0) is 0 Å². The molecule has 0 fully saturated rings. The van der Waals surface area contributed by atoms with Gasteiger partial charge in [0, 0.05) is 16.7 Å². The molecule has 0 saturated heterocycles. The Labute approximate surface area is 86.5 Å². The number of aliphatic hydroxyl groups excluding tert-OH is 1. The largest absolute Gasteiger partial charge is 0.387 e. The van der Waals surface area contributed by atoms with Crippen molar-refractivity contribution in [2.24, 2.45) is 0 Å². The fourth-order valence-electron chi connectivity index (χ4n) is 1.63. The Hall–Kier alpha value is -0.580. The van der Waals surface area contributed by atoms with Crippen LogP contribution in [0.15, 0.2) is 23.1 Å². The van der Waals surface area contributed by atoms with Gasteiger partial charge < -0.3 is 10.4 Å². The topological polar surface area (TPSA) is 32.3 Å². The minimum atomic E-state index is -0.605. The van der Waals surface area contributed by atoms with E-state index in [-0.39, 0.29) is 11.9 Å². The first kappa shape index (κ1) is 9.96. The Balaban J connectivity index is 2.41. The van der Waals surface area contributed by atoms with Crippen LogP contribution in [-0.4, -0.2) is 23.9 Å². The predicted molar refractivity (Wildman–Crippen MR) is 54.9 cm³/mol. The lowest BCUT2D eigenvalue weighted by Crippen LogP contribution is -2.37. The summed E-state index contributed by atoms with van der Waals surface area (Å²) in [7, 11) is 1.80. The molecular weight excluding hydrogens is 201 g/mol. The molecule has 14 heavy (non-hydrogen) atoms. The van der Waals surface area contributed by atoms with E-state index < -0.39 is 6.10 Å². The minimum Gasteiger partial charge on any atom is -0.387 e. The quantitative estimate of drug-likeness (QED) is 0.742. The molecule has 2 rings (SSSR count). The number of hydrogen-bond acceptors (Lipinski definition) is 3. The summed E-state index contributed by atoms with van der Waals surface area (Å²) in [4.78, 5) is 0.589. The third-order valence-electron chi connectivity index (χ3n) is 2.48. The van der Waals surface area contributed by atoms with E-state index in [4.69, 9.17) is 0 Å². The third kappa shape index (κ3) is 1.54. The molecule has 76 valence electrons. The van der Waals surface area contributed by atoms with Gasteiger partial charge in [0.2, 0.25) is 0 Å². The summed E-state index contributed by atoms with van der Waals surface area (Å²) in [5.41, 5.74) is 0.695. The molecule has 0 bridgehead atoms. The molecule has 0 aliphatic carbocycles. The summed E-state index contributed by atoms with van der Waals surface area (Å²) in [5, 5.41) is 12.9. The van der Waals surface area contributed by atoms with E-state index in [1.807, 2.05) is 0 Å². The van der Waals surface area contributed by atoms with E-state index in [9.17, 15) is 9.50 Å². The number of thioether (sulfide) groups is 1. The smallest absolute Gasteiger partial charge is 0.137 e. The molecule has 2 atom stereocenters. The standard InChI is InChI=1S/C10H12FNOS/c1-12-8-5-14-10-6(9(8)13)3-2-4-7(10)11/h2-4,8-9,12-13H,5H2,1H3. The fraction of sp³-hybridized carbons (Fsp3) is 0.400. The Morgan fingerprint density at radius 2 is 2.36 bits per heavy atom. The third-order valence-corrected chi connectivity index (χ3v) is 3.72. The van der Waals surface area contributed by atoms with Gasteiger partial charge in [-0.2, -0.15) is 0 Å². The zero-order chi connectivity index (χ0) is 10.1. The number of likely N-dealkylation sites (N-methyl/N-ethyl adjacent to an activating group) is 1. The maximum atomic E-state index is 13.3. The van der Waals surface area contributed by atoms with Gasteiger partial charge in [-0.05, 0) is 18.7 Å². The van der Waals surface area contributed by atoms with Gasteiger partial charge in [-0.25, -0.2) is 4.39 Å². The summed E-state index contributed by atoms with van der Waals surface area (Å²) in [6.45, 7) is 0. The van der Waals surface area contributed by atoms with Crippen LogP contribution in [0.5, 0.6) is 0 Å². The molecule has 0 spiro atoms. The van der Waals surface area contributed by atoms with E-state index in [1.54, 1.807) is 19.2 Å². The second-order valence-corrected chi connectivity index (χ2v) is 4.34. The van der Waals surface area contributed by atoms with Crippen LogP contribution in [0.3, 0.4) is 0 Å². The Kier molecular flexibility index (Phi) is 2.76. The highest BCUT2D eigenvalue weighted by Gasteiger charge is 2.28. The minimum absolute atomic E-state index is 0.00861. The molecule has 1 aromatic carbocycles. The highest BCUT2D eigenvalue weighted by molar-refractivity contribution is 7.99. The number of hydrogen-bond donors (Lipinski definition) is 2. The van der Waals surface area contributed by atoms with Crippen molar-refractivity contribution >= 4 is 11.8 Å². The molecule has 0 aromatic heterocycles. The van der Waals surface area contributed by atoms with Crippen LogP contribution >= 0.6 is 11.8 Å². The van der Waals surface area contributed by atoms with E-state index >= 15 is 0 Å². The van der Waals surface area contributed by atoms with E-state index in [2.05, 4.69) is 5.32 Å². The van der Waals surface area contributed by atoms with Gasteiger partial charge in [0.25, 0.3) is 0 Å². The molecular formula is C10H12FNOS. The summed E-state index contributed by atoms with van der Waals surface area (Å²) < 4.78 is 13.3. The molecule has 1 aromatic rings. The van der Waals surface area contributed by atoms with Crippen molar-refractivity contribution in [1.29, 1.82) is 0 Å². The summed E-state index contributed by atoms with van der Waals surface area (Å²) >= 11 is 1.45.